The van der Waals surface area contributed by atoms with Crippen molar-refractivity contribution in [3.05, 3.63) is 35.9 Å². The Morgan fingerprint density at radius 2 is 2.00 bits per heavy atom. The van der Waals surface area contributed by atoms with E-state index in [4.69, 9.17) is 18.0 Å². The van der Waals surface area contributed by atoms with Gasteiger partial charge in [-0.1, -0.05) is 49.5 Å². The highest BCUT2D eigenvalue weighted by Gasteiger charge is 2.11. The number of benzene rings is 1. The molecule has 1 aromatic carbocycles. The maximum Gasteiger partial charge on any atom is 0.222 e. The fraction of sp³-hybridized carbons (Fsp3) is 0.385. The summed E-state index contributed by atoms with van der Waals surface area (Å²) >= 11 is 4.84. The van der Waals surface area contributed by atoms with E-state index in [2.05, 4.69) is 0 Å². The van der Waals surface area contributed by atoms with Gasteiger partial charge in [-0.15, -0.1) is 0 Å². The molecule has 3 nitrogen and oxygen atoms in total. The summed E-state index contributed by atoms with van der Waals surface area (Å²) in [6.07, 6.45) is 1.08. The first-order chi connectivity index (χ1) is 8.13. The number of carbonyl (C=O) groups is 1. The van der Waals surface area contributed by atoms with Crippen LogP contribution in [-0.2, 0) is 11.3 Å². The zero-order valence-electron chi connectivity index (χ0n) is 10.1. The first-order valence-corrected chi connectivity index (χ1v) is 6.14. The molecule has 1 amide bonds. The lowest BCUT2D eigenvalue weighted by atomic mass is 10.2. The molecule has 0 radical (unpaired) electrons. The van der Waals surface area contributed by atoms with E-state index in [0.29, 0.717) is 30.9 Å². The minimum Gasteiger partial charge on any atom is -0.393 e. The summed E-state index contributed by atoms with van der Waals surface area (Å²) in [4.78, 5) is 14.0. The molecule has 0 aliphatic rings. The van der Waals surface area contributed by atoms with E-state index in [0.717, 1.165) is 5.56 Å². The van der Waals surface area contributed by atoms with Gasteiger partial charge in [0.15, 0.2) is 0 Å². The summed E-state index contributed by atoms with van der Waals surface area (Å²) in [7, 11) is 0. The zero-order chi connectivity index (χ0) is 12.7. The highest BCUT2D eigenvalue weighted by Crippen LogP contribution is 2.06. The molecule has 0 aliphatic carbocycles. The minimum absolute atomic E-state index is 0.130. The third-order valence-electron chi connectivity index (χ3n) is 2.50. The van der Waals surface area contributed by atoms with Crippen molar-refractivity contribution in [1.82, 2.24) is 4.90 Å². The SMILES string of the molecule is CCC(=O)N(CCC(N)=S)Cc1ccccc1. The van der Waals surface area contributed by atoms with E-state index in [1.807, 2.05) is 37.3 Å². The molecule has 0 unspecified atom stereocenters. The van der Waals surface area contributed by atoms with E-state index in [9.17, 15) is 4.79 Å². The van der Waals surface area contributed by atoms with Crippen molar-refractivity contribution in [2.45, 2.75) is 26.3 Å². The van der Waals surface area contributed by atoms with Crippen molar-refractivity contribution in [2.24, 2.45) is 5.73 Å². The first kappa shape index (κ1) is 13.6. The van der Waals surface area contributed by atoms with Gasteiger partial charge in [-0.05, 0) is 5.56 Å². The van der Waals surface area contributed by atoms with Crippen LogP contribution < -0.4 is 5.73 Å². The topological polar surface area (TPSA) is 46.3 Å². The molecule has 0 heterocycles. The molecule has 92 valence electrons. The Hall–Kier alpha value is -1.42. The average Bonchev–Trinajstić information content (AvgIpc) is 2.34. The van der Waals surface area contributed by atoms with Crippen LogP contribution in [0.5, 0.6) is 0 Å². The van der Waals surface area contributed by atoms with Crippen LogP contribution in [0.3, 0.4) is 0 Å². The summed E-state index contributed by atoms with van der Waals surface area (Å²) in [6, 6.07) is 9.92. The van der Waals surface area contributed by atoms with Crippen LogP contribution in [-0.4, -0.2) is 22.3 Å². The third kappa shape index (κ3) is 4.95. The van der Waals surface area contributed by atoms with Gasteiger partial charge < -0.3 is 10.6 Å². The van der Waals surface area contributed by atoms with Gasteiger partial charge in [0.2, 0.25) is 5.91 Å². The number of hydrogen-bond donors (Lipinski definition) is 1. The number of rotatable bonds is 6. The molecule has 1 aromatic rings. The summed E-state index contributed by atoms with van der Waals surface area (Å²) in [5, 5.41) is 0. The van der Waals surface area contributed by atoms with Crippen LogP contribution in [0.4, 0.5) is 0 Å². The Balaban J connectivity index is 2.63. The van der Waals surface area contributed by atoms with Crippen LogP contribution in [0, 0.1) is 0 Å². The second kappa shape index (κ2) is 7.01. The van der Waals surface area contributed by atoms with E-state index in [1.54, 1.807) is 4.90 Å². The molecule has 0 bridgehead atoms. The number of nitrogens with two attached hydrogens (primary N) is 1. The van der Waals surface area contributed by atoms with Gasteiger partial charge in [0.1, 0.15) is 0 Å². The van der Waals surface area contributed by atoms with Gasteiger partial charge in [-0.3, -0.25) is 4.79 Å². The Morgan fingerprint density at radius 3 is 2.53 bits per heavy atom. The molecule has 17 heavy (non-hydrogen) atoms. The monoisotopic (exact) mass is 250 g/mol. The minimum atomic E-state index is 0.130. The molecule has 1 rings (SSSR count). The highest BCUT2D eigenvalue weighted by molar-refractivity contribution is 7.80. The van der Waals surface area contributed by atoms with Gasteiger partial charge in [-0.2, -0.15) is 0 Å². The van der Waals surface area contributed by atoms with Crippen molar-refractivity contribution in [3.8, 4) is 0 Å². The fourth-order valence-electron chi connectivity index (χ4n) is 1.56. The normalized spacial score (nSPS) is 9.94. The molecule has 0 aliphatic heterocycles. The summed E-state index contributed by atoms with van der Waals surface area (Å²) in [5.74, 6) is 0.130. The maximum atomic E-state index is 11.8. The summed E-state index contributed by atoms with van der Waals surface area (Å²) in [6.45, 7) is 3.08. The lowest BCUT2D eigenvalue weighted by Gasteiger charge is -2.22. The largest absolute Gasteiger partial charge is 0.393 e. The molecule has 0 aromatic heterocycles. The Morgan fingerprint density at radius 1 is 1.35 bits per heavy atom. The van der Waals surface area contributed by atoms with Crippen LogP contribution in [0.1, 0.15) is 25.3 Å². The van der Waals surface area contributed by atoms with Crippen molar-refractivity contribution in [1.29, 1.82) is 0 Å². The smallest absolute Gasteiger partial charge is 0.222 e. The molecule has 0 saturated carbocycles. The molecule has 0 saturated heterocycles. The third-order valence-corrected chi connectivity index (χ3v) is 2.70. The lowest BCUT2D eigenvalue weighted by Crippen LogP contribution is -2.32. The van der Waals surface area contributed by atoms with E-state index in [1.165, 1.54) is 0 Å². The molecule has 4 heteroatoms. The predicted octanol–water partition coefficient (Wildman–Crippen LogP) is 2.10. The number of amides is 1. The summed E-state index contributed by atoms with van der Waals surface area (Å²) < 4.78 is 0. The summed E-state index contributed by atoms with van der Waals surface area (Å²) in [5.41, 5.74) is 6.59. The van der Waals surface area contributed by atoms with Crippen LogP contribution in [0.15, 0.2) is 30.3 Å². The molecule has 0 spiro atoms. The van der Waals surface area contributed by atoms with Gasteiger partial charge in [-0.25, -0.2) is 0 Å². The first-order valence-electron chi connectivity index (χ1n) is 5.73. The highest BCUT2D eigenvalue weighted by atomic mass is 32.1. The van der Waals surface area contributed by atoms with Crippen LogP contribution in [0.25, 0.3) is 0 Å². The van der Waals surface area contributed by atoms with E-state index >= 15 is 0 Å². The number of thiocarbonyl (C=S) groups is 1. The Kier molecular flexibility index (Phi) is 5.63. The predicted molar refractivity (Wildman–Crippen MR) is 73.6 cm³/mol. The van der Waals surface area contributed by atoms with Crippen molar-refractivity contribution in [2.75, 3.05) is 6.54 Å². The van der Waals surface area contributed by atoms with E-state index in [-0.39, 0.29) is 5.91 Å². The molecule has 0 fully saturated rings. The molecule has 2 N–H and O–H groups in total. The molecule has 0 atom stereocenters. The van der Waals surface area contributed by atoms with Crippen LogP contribution in [0.2, 0.25) is 0 Å². The average molecular weight is 250 g/mol. The second-order valence-corrected chi connectivity index (χ2v) is 4.40. The molecular weight excluding hydrogens is 232 g/mol. The standard InChI is InChI=1S/C13H18N2OS/c1-2-13(16)15(9-8-12(14)17)10-11-6-4-3-5-7-11/h3-7H,2,8-10H2,1H3,(H2,14,17). The van der Waals surface area contributed by atoms with Gasteiger partial charge in [0.25, 0.3) is 0 Å². The van der Waals surface area contributed by atoms with Crippen molar-refractivity contribution >= 4 is 23.1 Å². The lowest BCUT2D eigenvalue weighted by molar-refractivity contribution is -0.131. The number of hydrogen-bond acceptors (Lipinski definition) is 2. The van der Waals surface area contributed by atoms with Gasteiger partial charge in [0.05, 0.1) is 4.99 Å². The zero-order valence-corrected chi connectivity index (χ0v) is 10.9. The second-order valence-electron chi connectivity index (χ2n) is 3.87. The Bertz CT molecular complexity index is 378. The quantitative estimate of drug-likeness (QED) is 0.786. The number of carbonyl (C=O) groups excluding carboxylic acids is 1. The molecular formula is C13H18N2OS. The van der Waals surface area contributed by atoms with Crippen molar-refractivity contribution < 1.29 is 4.79 Å². The van der Waals surface area contributed by atoms with Gasteiger partial charge in [0, 0.05) is 25.9 Å². The fourth-order valence-corrected chi connectivity index (χ4v) is 1.66. The van der Waals surface area contributed by atoms with E-state index < -0.39 is 0 Å². The maximum absolute atomic E-state index is 11.8. The van der Waals surface area contributed by atoms with Gasteiger partial charge >= 0.3 is 0 Å². The number of nitrogens with zero attached hydrogens (tertiary/aromatic N) is 1. The van der Waals surface area contributed by atoms with Crippen LogP contribution >= 0.6 is 12.2 Å². The Labute approximate surface area is 108 Å². The van der Waals surface area contributed by atoms with Crippen molar-refractivity contribution in [3.63, 3.8) is 0 Å².